The largest absolute Gasteiger partial charge is 0.464 e. The number of fused-ring (bicyclic) bond motifs is 1. The van der Waals surface area contributed by atoms with Crippen molar-refractivity contribution in [3.05, 3.63) is 64.7 Å². The third-order valence-electron chi connectivity index (χ3n) is 5.79. The van der Waals surface area contributed by atoms with Crippen LogP contribution in [0.1, 0.15) is 22.3 Å². The number of halogens is 1. The summed E-state index contributed by atoms with van der Waals surface area (Å²) in [6.07, 6.45) is 2.05. The maximum atomic E-state index is 14.0. The molecule has 146 valence electrons. The van der Waals surface area contributed by atoms with Crippen LogP contribution in [0.4, 0.5) is 10.1 Å². The van der Waals surface area contributed by atoms with E-state index >= 15 is 0 Å². The van der Waals surface area contributed by atoms with Gasteiger partial charge in [0.25, 0.3) is 0 Å². The normalized spacial score (nSPS) is 14.7. The van der Waals surface area contributed by atoms with Crippen LogP contribution in [0.15, 0.2) is 41.0 Å². The van der Waals surface area contributed by atoms with Crippen molar-refractivity contribution < 1.29 is 13.6 Å². The number of hydrogen-bond donors (Lipinski definition) is 0. The van der Waals surface area contributed by atoms with Gasteiger partial charge < -0.3 is 14.2 Å². The molecule has 28 heavy (non-hydrogen) atoms. The van der Waals surface area contributed by atoms with Crippen LogP contribution in [0.2, 0.25) is 0 Å². The van der Waals surface area contributed by atoms with Crippen molar-refractivity contribution >= 4 is 22.6 Å². The molecular formula is C23H25FN2O2. The van der Waals surface area contributed by atoms with Crippen molar-refractivity contribution in [2.24, 2.45) is 0 Å². The van der Waals surface area contributed by atoms with Gasteiger partial charge in [0.2, 0.25) is 5.91 Å². The van der Waals surface area contributed by atoms with Crippen molar-refractivity contribution in [3.8, 4) is 0 Å². The fraction of sp³-hybridized carbons (Fsp3) is 0.348. The first kappa shape index (κ1) is 18.5. The summed E-state index contributed by atoms with van der Waals surface area (Å²) in [5.74, 6) is -0.123. The predicted octanol–water partition coefficient (Wildman–Crippen LogP) is 4.39. The first-order valence-corrected chi connectivity index (χ1v) is 9.70. The summed E-state index contributed by atoms with van der Waals surface area (Å²) in [7, 11) is 0. The van der Waals surface area contributed by atoms with E-state index in [1.807, 2.05) is 22.8 Å². The summed E-state index contributed by atoms with van der Waals surface area (Å²) in [5.41, 5.74) is 5.89. The minimum Gasteiger partial charge on any atom is -0.464 e. The molecule has 0 spiro atoms. The van der Waals surface area contributed by atoms with Crippen LogP contribution in [0, 0.1) is 26.6 Å². The van der Waals surface area contributed by atoms with Gasteiger partial charge in [-0.2, -0.15) is 0 Å². The van der Waals surface area contributed by atoms with Gasteiger partial charge >= 0.3 is 0 Å². The molecule has 3 aromatic rings. The van der Waals surface area contributed by atoms with Crippen molar-refractivity contribution in [3.63, 3.8) is 0 Å². The average molecular weight is 380 g/mol. The Bertz CT molecular complexity index is 1030. The quantitative estimate of drug-likeness (QED) is 0.676. The summed E-state index contributed by atoms with van der Waals surface area (Å²) in [5, 5.41) is 1.06. The molecule has 0 unspecified atom stereocenters. The second-order valence-electron chi connectivity index (χ2n) is 7.60. The maximum absolute atomic E-state index is 14.0. The summed E-state index contributed by atoms with van der Waals surface area (Å²) in [4.78, 5) is 16.7. The van der Waals surface area contributed by atoms with E-state index in [0.717, 1.165) is 27.7 Å². The van der Waals surface area contributed by atoms with Crippen LogP contribution in [0.25, 0.3) is 11.0 Å². The smallest absolute Gasteiger partial charge is 0.227 e. The standard InChI is InChI=1S/C23H25FN2O2/c1-15-12-16(2)22-18(14-28-23(22)17(15)3)13-21(27)26-10-8-25(9-11-26)20-7-5-4-6-19(20)24/h4-7,12,14H,8-11,13H2,1-3H3. The summed E-state index contributed by atoms with van der Waals surface area (Å²) in [6, 6.07) is 8.94. The van der Waals surface area contributed by atoms with Crippen molar-refractivity contribution in [2.75, 3.05) is 31.1 Å². The zero-order valence-corrected chi connectivity index (χ0v) is 16.6. The number of hydrogen-bond acceptors (Lipinski definition) is 3. The van der Waals surface area contributed by atoms with Gasteiger partial charge in [-0.15, -0.1) is 0 Å². The van der Waals surface area contributed by atoms with Gasteiger partial charge in [-0.25, -0.2) is 4.39 Å². The molecule has 1 saturated heterocycles. The zero-order valence-electron chi connectivity index (χ0n) is 16.6. The van der Waals surface area contributed by atoms with E-state index in [1.165, 1.54) is 11.6 Å². The van der Waals surface area contributed by atoms with Crippen LogP contribution in [-0.2, 0) is 11.2 Å². The number of benzene rings is 2. The fourth-order valence-corrected chi connectivity index (χ4v) is 4.10. The highest BCUT2D eigenvalue weighted by Gasteiger charge is 2.24. The lowest BCUT2D eigenvalue weighted by atomic mass is 9.98. The Hall–Kier alpha value is -2.82. The van der Waals surface area contributed by atoms with Crippen LogP contribution >= 0.6 is 0 Å². The third kappa shape index (κ3) is 3.26. The number of anilines is 1. The Labute approximate surface area is 164 Å². The SMILES string of the molecule is Cc1cc(C)c2c(CC(=O)N3CCN(c4ccccc4F)CC3)coc2c1C. The van der Waals surface area contributed by atoms with Gasteiger partial charge in [0.15, 0.2) is 0 Å². The minimum absolute atomic E-state index is 0.0912. The number of aryl methyl sites for hydroxylation is 3. The Morgan fingerprint density at radius 3 is 2.50 bits per heavy atom. The summed E-state index contributed by atoms with van der Waals surface area (Å²) >= 11 is 0. The van der Waals surface area contributed by atoms with E-state index in [-0.39, 0.29) is 11.7 Å². The molecule has 1 aliphatic rings. The van der Waals surface area contributed by atoms with E-state index < -0.39 is 0 Å². The molecule has 0 radical (unpaired) electrons. The molecule has 4 rings (SSSR count). The van der Waals surface area contributed by atoms with Crippen molar-refractivity contribution in [1.29, 1.82) is 0 Å². The molecule has 2 aromatic carbocycles. The van der Waals surface area contributed by atoms with Gasteiger partial charge in [0.1, 0.15) is 11.4 Å². The molecule has 0 aliphatic carbocycles. The first-order valence-electron chi connectivity index (χ1n) is 9.70. The van der Waals surface area contributed by atoms with Gasteiger partial charge in [0.05, 0.1) is 18.4 Å². The molecule has 1 fully saturated rings. The molecule has 1 aliphatic heterocycles. The van der Waals surface area contributed by atoms with E-state index in [0.29, 0.717) is 38.3 Å². The van der Waals surface area contributed by atoms with Crippen LogP contribution in [0.3, 0.4) is 0 Å². The lowest BCUT2D eigenvalue weighted by Gasteiger charge is -2.36. The minimum atomic E-state index is -0.215. The van der Waals surface area contributed by atoms with Crippen LogP contribution < -0.4 is 4.90 Å². The molecule has 0 N–H and O–H groups in total. The second kappa shape index (κ2) is 7.30. The van der Waals surface area contributed by atoms with Crippen LogP contribution in [-0.4, -0.2) is 37.0 Å². The third-order valence-corrected chi connectivity index (χ3v) is 5.79. The summed E-state index contributed by atoms with van der Waals surface area (Å²) < 4.78 is 19.8. The Morgan fingerprint density at radius 2 is 1.79 bits per heavy atom. The number of piperazine rings is 1. The molecular weight excluding hydrogens is 355 g/mol. The number of furan rings is 1. The molecule has 5 heteroatoms. The number of amides is 1. The number of rotatable bonds is 3. The monoisotopic (exact) mass is 380 g/mol. The summed E-state index contributed by atoms with van der Waals surface area (Å²) in [6.45, 7) is 8.65. The average Bonchev–Trinajstić information content (AvgIpc) is 3.11. The van der Waals surface area contributed by atoms with Crippen LogP contribution in [0.5, 0.6) is 0 Å². The van der Waals surface area contributed by atoms with E-state index in [4.69, 9.17) is 4.42 Å². The zero-order chi connectivity index (χ0) is 19.8. The molecule has 2 heterocycles. The number of nitrogens with zero attached hydrogens (tertiary/aromatic N) is 2. The van der Waals surface area contributed by atoms with Crippen molar-refractivity contribution in [2.45, 2.75) is 27.2 Å². The van der Waals surface area contributed by atoms with Gasteiger partial charge in [-0.3, -0.25) is 4.79 Å². The Morgan fingerprint density at radius 1 is 1.07 bits per heavy atom. The molecule has 0 saturated carbocycles. The Kier molecular flexibility index (Phi) is 4.84. The fourth-order valence-electron chi connectivity index (χ4n) is 4.10. The number of para-hydroxylation sites is 1. The second-order valence-corrected chi connectivity index (χ2v) is 7.60. The molecule has 1 amide bonds. The van der Waals surface area contributed by atoms with Gasteiger partial charge in [0, 0.05) is 37.1 Å². The lowest BCUT2D eigenvalue weighted by molar-refractivity contribution is -0.130. The number of carbonyl (C=O) groups is 1. The predicted molar refractivity (Wildman–Crippen MR) is 109 cm³/mol. The van der Waals surface area contributed by atoms with E-state index in [1.54, 1.807) is 18.4 Å². The lowest BCUT2D eigenvalue weighted by Crippen LogP contribution is -2.49. The Balaban J connectivity index is 1.46. The first-order chi connectivity index (χ1) is 13.5. The molecule has 0 atom stereocenters. The topological polar surface area (TPSA) is 36.7 Å². The highest BCUT2D eigenvalue weighted by molar-refractivity contribution is 5.92. The molecule has 1 aromatic heterocycles. The van der Waals surface area contributed by atoms with E-state index in [2.05, 4.69) is 19.9 Å². The van der Waals surface area contributed by atoms with Gasteiger partial charge in [-0.05, 0) is 49.6 Å². The van der Waals surface area contributed by atoms with Crippen molar-refractivity contribution in [1.82, 2.24) is 4.90 Å². The number of carbonyl (C=O) groups excluding carboxylic acids is 1. The highest BCUT2D eigenvalue weighted by Crippen LogP contribution is 2.30. The van der Waals surface area contributed by atoms with Gasteiger partial charge in [-0.1, -0.05) is 18.2 Å². The molecule has 4 nitrogen and oxygen atoms in total. The highest BCUT2D eigenvalue weighted by atomic mass is 19.1. The maximum Gasteiger partial charge on any atom is 0.227 e. The molecule has 0 bridgehead atoms. The van der Waals surface area contributed by atoms with E-state index in [9.17, 15) is 9.18 Å².